The van der Waals surface area contributed by atoms with Crippen LogP contribution in [0.5, 0.6) is 0 Å². The van der Waals surface area contributed by atoms with Gasteiger partial charge in [-0.05, 0) is 56.3 Å². The number of hydrogen-bond acceptors (Lipinski definition) is 3. The molecule has 0 radical (unpaired) electrons. The molecule has 1 aromatic rings. The van der Waals surface area contributed by atoms with Gasteiger partial charge in [0.05, 0.1) is 12.0 Å². The van der Waals surface area contributed by atoms with Gasteiger partial charge in [0.15, 0.2) is 0 Å². The molecule has 1 aromatic carbocycles. The van der Waals surface area contributed by atoms with Crippen LogP contribution in [-0.4, -0.2) is 48.2 Å². The summed E-state index contributed by atoms with van der Waals surface area (Å²) < 4.78 is 0. The zero-order valence-corrected chi connectivity index (χ0v) is 14.9. The first-order valence-corrected chi connectivity index (χ1v) is 9.43. The van der Waals surface area contributed by atoms with E-state index in [9.17, 15) is 9.90 Å². The van der Waals surface area contributed by atoms with Crippen molar-refractivity contribution in [2.45, 2.75) is 50.0 Å². The van der Waals surface area contributed by atoms with Crippen molar-refractivity contribution in [1.82, 2.24) is 10.2 Å². The molecule has 24 heavy (non-hydrogen) atoms. The molecule has 5 heteroatoms. The number of aliphatic hydroxyl groups is 1. The summed E-state index contributed by atoms with van der Waals surface area (Å²) in [5, 5.41) is 13.3. The van der Waals surface area contributed by atoms with E-state index in [0.29, 0.717) is 17.6 Å². The third kappa shape index (κ3) is 3.93. The van der Waals surface area contributed by atoms with Crippen LogP contribution in [0.25, 0.3) is 0 Å². The summed E-state index contributed by atoms with van der Waals surface area (Å²) in [6.45, 7) is 2.95. The predicted molar refractivity (Wildman–Crippen MR) is 96.3 cm³/mol. The Hall–Kier alpha value is -1.10. The highest BCUT2D eigenvalue weighted by atomic mass is 35.5. The van der Waals surface area contributed by atoms with E-state index in [1.165, 1.54) is 12.8 Å². The summed E-state index contributed by atoms with van der Waals surface area (Å²) >= 11 is 5.94. The number of benzene rings is 1. The Morgan fingerprint density at radius 2 is 2.04 bits per heavy atom. The number of carbonyl (C=O) groups is 1. The molecule has 0 bridgehead atoms. The summed E-state index contributed by atoms with van der Waals surface area (Å²) in [5.41, 5.74) is 0.740. The maximum atomic E-state index is 12.6. The second-order valence-electron chi connectivity index (χ2n) is 7.07. The molecular formula is C19H27ClN2O2. The minimum atomic E-state index is -0.330. The summed E-state index contributed by atoms with van der Waals surface area (Å²) in [4.78, 5) is 14.9. The number of amides is 1. The van der Waals surface area contributed by atoms with Gasteiger partial charge >= 0.3 is 0 Å². The molecule has 1 aliphatic carbocycles. The van der Waals surface area contributed by atoms with Crippen molar-refractivity contribution < 1.29 is 9.90 Å². The molecule has 1 amide bonds. The van der Waals surface area contributed by atoms with E-state index in [1.54, 1.807) is 0 Å². The Morgan fingerprint density at radius 1 is 1.29 bits per heavy atom. The highest BCUT2D eigenvalue weighted by Gasteiger charge is 2.50. The van der Waals surface area contributed by atoms with E-state index >= 15 is 0 Å². The van der Waals surface area contributed by atoms with Gasteiger partial charge in [-0.15, -0.1) is 0 Å². The van der Waals surface area contributed by atoms with Gasteiger partial charge in [0.1, 0.15) is 0 Å². The number of piperidine rings is 1. The van der Waals surface area contributed by atoms with Gasteiger partial charge in [0, 0.05) is 24.2 Å². The predicted octanol–water partition coefficient (Wildman–Crippen LogP) is 2.72. The molecule has 2 aliphatic rings. The van der Waals surface area contributed by atoms with Crippen LogP contribution in [0.1, 0.15) is 44.1 Å². The number of rotatable bonds is 7. The molecule has 1 saturated carbocycles. The first-order valence-electron chi connectivity index (χ1n) is 9.05. The molecule has 1 aliphatic heterocycles. The average Bonchev–Trinajstić information content (AvgIpc) is 3.41. The number of hydrogen-bond donors (Lipinski definition) is 2. The van der Waals surface area contributed by atoms with Crippen molar-refractivity contribution in [2.75, 3.05) is 26.2 Å². The van der Waals surface area contributed by atoms with Gasteiger partial charge in [-0.2, -0.15) is 0 Å². The minimum Gasteiger partial charge on any atom is -0.395 e. The molecule has 1 atom stereocenters. The lowest BCUT2D eigenvalue weighted by Gasteiger charge is -2.34. The van der Waals surface area contributed by atoms with E-state index in [2.05, 4.69) is 10.2 Å². The standard InChI is InChI=1S/C19H27ClN2O2/c20-16-7-5-15(6-8-16)19(9-10-19)18(24)21-11-3-13-22-12-2-1-4-17(22)14-23/h5-8,17,23H,1-4,9-14H2,(H,21,24). The third-order valence-corrected chi connectivity index (χ3v) is 5.70. The second kappa shape index (κ2) is 7.85. The molecule has 1 heterocycles. The second-order valence-corrected chi connectivity index (χ2v) is 7.50. The van der Waals surface area contributed by atoms with Crippen molar-refractivity contribution in [3.63, 3.8) is 0 Å². The normalized spacial score (nSPS) is 23.0. The number of aliphatic hydroxyl groups excluding tert-OH is 1. The van der Waals surface area contributed by atoms with E-state index in [1.807, 2.05) is 24.3 Å². The topological polar surface area (TPSA) is 52.6 Å². The van der Waals surface area contributed by atoms with Crippen LogP contribution >= 0.6 is 11.6 Å². The molecule has 1 saturated heterocycles. The third-order valence-electron chi connectivity index (χ3n) is 5.45. The lowest BCUT2D eigenvalue weighted by Crippen LogP contribution is -2.43. The molecule has 2 N–H and O–H groups in total. The van der Waals surface area contributed by atoms with Crippen molar-refractivity contribution >= 4 is 17.5 Å². The fraction of sp³-hybridized carbons (Fsp3) is 0.632. The Kier molecular flexibility index (Phi) is 5.80. The van der Waals surface area contributed by atoms with Crippen LogP contribution in [0, 0.1) is 0 Å². The largest absolute Gasteiger partial charge is 0.395 e. The zero-order chi connectivity index (χ0) is 17.0. The van der Waals surface area contributed by atoms with Crippen LogP contribution in [0.15, 0.2) is 24.3 Å². The SMILES string of the molecule is O=C(NCCCN1CCCCC1CO)C1(c2ccc(Cl)cc2)CC1. The quantitative estimate of drug-likeness (QED) is 0.743. The molecule has 1 unspecified atom stereocenters. The van der Waals surface area contributed by atoms with Gasteiger partial charge in [0.25, 0.3) is 0 Å². The molecule has 2 fully saturated rings. The Morgan fingerprint density at radius 3 is 2.71 bits per heavy atom. The molecule has 0 aromatic heterocycles. The Bertz CT molecular complexity index is 557. The molecule has 132 valence electrons. The average molecular weight is 351 g/mol. The van der Waals surface area contributed by atoms with E-state index in [-0.39, 0.29) is 17.9 Å². The lowest BCUT2D eigenvalue weighted by atomic mass is 9.95. The highest BCUT2D eigenvalue weighted by molar-refractivity contribution is 6.30. The van der Waals surface area contributed by atoms with E-state index < -0.39 is 0 Å². The van der Waals surface area contributed by atoms with Crippen LogP contribution in [-0.2, 0) is 10.2 Å². The first kappa shape index (κ1) is 17.7. The van der Waals surface area contributed by atoms with Gasteiger partial charge in [-0.1, -0.05) is 30.2 Å². The molecule has 4 nitrogen and oxygen atoms in total. The van der Waals surface area contributed by atoms with Gasteiger partial charge in [-0.25, -0.2) is 0 Å². The first-order chi connectivity index (χ1) is 11.7. The number of nitrogens with one attached hydrogen (secondary N) is 1. The molecule has 0 spiro atoms. The number of halogens is 1. The summed E-state index contributed by atoms with van der Waals surface area (Å²) in [6, 6.07) is 7.95. The summed E-state index contributed by atoms with van der Waals surface area (Å²) in [6.07, 6.45) is 6.27. The van der Waals surface area contributed by atoms with Crippen molar-refractivity contribution in [2.24, 2.45) is 0 Å². The van der Waals surface area contributed by atoms with Gasteiger partial charge in [0.2, 0.25) is 5.91 Å². The monoisotopic (exact) mass is 350 g/mol. The maximum absolute atomic E-state index is 12.6. The number of carbonyl (C=O) groups excluding carboxylic acids is 1. The maximum Gasteiger partial charge on any atom is 0.230 e. The van der Waals surface area contributed by atoms with Crippen LogP contribution < -0.4 is 5.32 Å². The van der Waals surface area contributed by atoms with Crippen molar-refractivity contribution in [3.05, 3.63) is 34.9 Å². The molecular weight excluding hydrogens is 324 g/mol. The fourth-order valence-electron chi connectivity index (χ4n) is 3.76. The smallest absolute Gasteiger partial charge is 0.230 e. The number of likely N-dealkylation sites (tertiary alicyclic amines) is 1. The van der Waals surface area contributed by atoms with Crippen molar-refractivity contribution in [3.8, 4) is 0 Å². The highest BCUT2D eigenvalue weighted by Crippen LogP contribution is 2.48. The fourth-order valence-corrected chi connectivity index (χ4v) is 3.88. The van der Waals surface area contributed by atoms with Crippen molar-refractivity contribution in [1.29, 1.82) is 0 Å². The van der Waals surface area contributed by atoms with Crippen LogP contribution in [0.2, 0.25) is 5.02 Å². The van der Waals surface area contributed by atoms with E-state index in [0.717, 1.165) is 44.3 Å². The van der Waals surface area contributed by atoms with E-state index in [4.69, 9.17) is 11.6 Å². The van der Waals surface area contributed by atoms with Gasteiger partial charge in [-0.3, -0.25) is 9.69 Å². The summed E-state index contributed by atoms with van der Waals surface area (Å²) in [7, 11) is 0. The number of nitrogens with zero attached hydrogens (tertiary/aromatic N) is 1. The van der Waals surface area contributed by atoms with Crippen LogP contribution in [0.4, 0.5) is 0 Å². The summed E-state index contributed by atoms with van der Waals surface area (Å²) in [5.74, 6) is 0.141. The Balaban J connectivity index is 1.45. The van der Waals surface area contributed by atoms with Gasteiger partial charge < -0.3 is 10.4 Å². The van der Waals surface area contributed by atoms with Crippen LogP contribution in [0.3, 0.4) is 0 Å². The zero-order valence-electron chi connectivity index (χ0n) is 14.1. The lowest BCUT2D eigenvalue weighted by molar-refractivity contribution is -0.123. The Labute approximate surface area is 149 Å². The molecule has 3 rings (SSSR count). The minimum absolute atomic E-state index is 0.141.